The summed E-state index contributed by atoms with van der Waals surface area (Å²) in [5.74, 6) is 10.1. The maximum Gasteiger partial charge on any atom is 0.251 e. The highest BCUT2D eigenvalue weighted by molar-refractivity contribution is 5.87. The van der Waals surface area contributed by atoms with Crippen LogP contribution in [0.1, 0.15) is 85.5 Å². The molecule has 0 amide bonds. The molecule has 0 aromatic heterocycles. The second kappa shape index (κ2) is 14.7. The number of allylic oxidation sites excluding steroid dienone is 1. The predicted octanol–water partition coefficient (Wildman–Crippen LogP) is 2.55. The maximum absolute atomic E-state index is 12.7. The van der Waals surface area contributed by atoms with Crippen LogP contribution in [0.25, 0.3) is 0 Å². The van der Waals surface area contributed by atoms with Crippen LogP contribution in [-0.2, 0) is 24.1 Å². The van der Waals surface area contributed by atoms with E-state index in [0.717, 1.165) is 56.0 Å². The number of nitrogens with one attached hydrogen (secondary N) is 1. The summed E-state index contributed by atoms with van der Waals surface area (Å²) in [7, 11) is 0. The van der Waals surface area contributed by atoms with Gasteiger partial charge in [-0.1, -0.05) is 49.3 Å². The molecule has 6 N–H and O–H groups in total. The Balaban J connectivity index is 1.17. The lowest BCUT2D eigenvalue weighted by Crippen LogP contribution is -3.12. The van der Waals surface area contributed by atoms with Crippen molar-refractivity contribution < 1.29 is 34.5 Å². The van der Waals surface area contributed by atoms with Crippen molar-refractivity contribution in [1.82, 2.24) is 0 Å². The number of nitrogens with zero attached hydrogens (tertiary/aromatic N) is 2. The lowest BCUT2D eigenvalue weighted by Gasteiger charge is -2.28. The number of aryl methyl sites for hydroxylation is 1. The summed E-state index contributed by atoms with van der Waals surface area (Å²) in [5, 5.41) is 31.9. The van der Waals surface area contributed by atoms with Gasteiger partial charge in [-0.2, -0.15) is 0 Å². The van der Waals surface area contributed by atoms with Gasteiger partial charge in [0.25, 0.3) is 6.23 Å². The molecule has 0 aliphatic carbocycles. The number of aliphatic imine (C=N–C) groups is 2. The third kappa shape index (κ3) is 7.18. The van der Waals surface area contributed by atoms with Gasteiger partial charge in [-0.15, -0.1) is 0 Å². The minimum absolute atomic E-state index is 0.0112. The maximum atomic E-state index is 12.7. The first-order valence-electron chi connectivity index (χ1n) is 17.5. The molecule has 10 heteroatoms. The smallest absolute Gasteiger partial charge is 0.251 e. The number of ketones is 1. The van der Waals surface area contributed by atoms with Gasteiger partial charge >= 0.3 is 0 Å². The van der Waals surface area contributed by atoms with Crippen LogP contribution >= 0.6 is 0 Å². The molecule has 5 aliphatic rings. The van der Waals surface area contributed by atoms with Crippen LogP contribution in [0.5, 0.6) is 11.5 Å². The summed E-state index contributed by atoms with van der Waals surface area (Å²) in [5.41, 5.74) is 14.2. The molecule has 50 heavy (non-hydrogen) atoms. The quantitative estimate of drug-likeness (QED) is 0.257. The lowest BCUT2D eigenvalue weighted by atomic mass is 9.85. The average molecular weight is 676 g/mol. The van der Waals surface area contributed by atoms with Gasteiger partial charge in [0.1, 0.15) is 48.5 Å². The molecule has 2 bridgehead atoms. The highest BCUT2D eigenvalue weighted by Gasteiger charge is 2.40. The van der Waals surface area contributed by atoms with E-state index in [1.165, 1.54) is 0 Å². The normalized spacial score (nSPS) is 25.4. The molecule has 7 unspecified atom stereocenters. The molecule has 5 aliphatic heterocycles. The van der Waals surface area contributed by atoms with Crippen LogP contribution in [0.2, 0.25) is 0 Å². The van der Waals surface area contributed by atoms with Crippen LogP contribution in [0, 0.1) is 29.8 Å². The van der Waals surface area contributed by atoms with Crippen molar-refractivity contribution in [2.75, 3.05) is 6.54 Å². The molecule has 0 spiro atoms. The number of benzene rings is 2. The zero-order chi connectivity index (χ0) is 34.8. The largest absolute Gasteiger partial charge is 0.437 e. The van der Waals surface area contributed by atoms with Crippen LogP contribution in [-0.4, -0.2) is 58.5 Å². The van der Waals surface area contributed by atoms with E-state index in [0.29, 0.717) is 50.1 Å². The zero-order valence-electron chi connectivity index (χ0n) is 28.2. The zero-order valence-corrected chi connectivity index (χ0v) is 28.2. The fourth-order valence-corrected chi connectivity index (χ4v) is 7.48. The van der Waals surface area contributed by atoms with Gasteiger partial charge in [0, 0.05) is 50.1 Å². The van der Waals surface area contributed by atoms with Gasteiger partial charge < -0.3 is 30.5 Å². The fraction of sp³-hybridized carbons (Fsp3) is 0.425. The number of fused-ring (bicyclic) bond motifs is 7. The van der Waals surface area contributed by atoms with Crippen LogP contribution in [0.3, 0.4) is 0 Å². The average Bonchev–Trinajstić information content (AvgIpc) is 3.69. The Labute approximate surface area is 292 Å². The Bertz CT molecular complexity index is 1920. The number of aliphatic hydroxyl groups excluding tert-OH is 3. The van der Waals surface area contributed by atoms with Crippen LogP contribution in [0.15, 0.2) is 63.4 Å². The molecule has 0 saturated heterocycles. The van der Waals surface area contributed by atoms with Gasteiger partial charge in [0.05, 0.1) is 12.2 Å². The summed E-state index contributed by atoms with van der Waals surface area (Å²) < 4.78 is 12.6. The number of ether oxygens (including phenoxy) is 2. The second-order valence-electron chi connectivity index (χ2n) is 13.7. The van der Waals surface area contributed by atoms with Crippen LogP contribution < -0.4 is 20.1 Å². The number of quaternary nitrogens is 1. The third-order valence-corrected chi connectivity index (χ3v) is 10.1. The first kappa shape index (κ1) is 33.9. The first-order valence-corrected chi connectivity index (χ1v) is 17.5. The monoisotopic (exact) mass is 675 g/mol. The van der Waals surface area contributed by atoms with Crippen molar-refractivity contribution in [2.24, 2.45) is 21.6 Å². The van der Waals surface area contributed by atoms with E-state index in [4.69, 9.17) is 20.2 Å². The molecule has 10 nitrogen and oxygen atoms in total. The predicted molar refractivity (Wildman–Crippen MR) is 188 cm³/mol. The highest BCUT2D eigenvalue weighted by atomic mass is 16.5. The third-order valence-electron chi connectivity index (χ3n) is 10.1. The molecule has 0 radical (unpaired) electrons. The Kier molecular flexibility index (Phi) is 10.0. The summed E-state index contributed by atoms with van der Waals surface area (Å²) in [6, 6.07) is 9.45. The summed E-state index contributed by atoms with van der Waals surface area (Å²) in [6.45, 7) is 2.62. The molecule has 2 aromatic rings. The summed E-state index contributed by atoms with van der Waals surface area (Å²) in [4.78, 5) is 22.9. The summed E-state index contributed by atoms with van der Waals surface area (Å²) >= 11 is 0. The van der Waals surface area contributed by atoms with Gasteiger partial charge in [-0.25, -0.2) is 0 Å². The van der Waals surface area contributed by atoms with Gasteiger partial charge in [-0.3, -0.25) is 19.7 Å². The number of nitrogens with two attached hydrogens (primary N) is 1. The number of carbonyl (C=O) groups is 1. The lowest BCUT2D eigenvalue weighted by molar-refractivity contribution is -0.889. The number of carbonyl (C=O) groups excluding carboxylic acids is 1. The molecular formula is C40H43N4O6+. The molecule has 7 rings (SSSR count). The Hall–Kier alpha value is -4.55. The SMILES string of the molecule is CCCC(O)CC(O)CC(=O)CCc1ccc2c(c1)OC1C(C#CC(O)c3ccc4c(c3CC3=C5C[NH+]1C=C5N=C3)CC=NC4N)CC#CO2. The fourth-order valence-electron chi connectivity index (χ4n) is 7.48. The molecule has 258 valence electrons. The summed E-state index contributed by atoms with van der Waals surface area (Å²) in [6.07, 6.45) is 9.17. The van der Waals surface area contributed by atoms with Crippen molar-refractivity contribution in [1.29, 1.82) is 0 Å². The number of hydrogen-bond acceptors (Lipinski definition) is 9. The van der Waals surface area contributed by atoms with Crippen molar-refractivity contribution >= 4 is 18.2 Å². The van der Waals surface area contributed by atoms with E-state index < -0.39 is 30.7 Å². The number of Topliss-reactive ketones (excluding diaryl/α,β-unsaturated/α-hetero) is 1. The van der Waals surface area contributed by atoms with E-state index in [9.17, 15) is 20.1 Å². The van der Waals surface area contributed by atoms with Crippen molar-refractivity contribution in [3.8, 4) is 35.4 Å². The van der Waals surface area contributed by atoms with E-state index in [2.05, 4.69) is 35.1 Å². The highest BCUT2D eigenvalue weighted by Crippen LogP contribution is 2.36. The van der Waals surface area contributed by atoms with Gasteiger partial charge in [0.2, 0.25) is 0 Å². The molecule has 2 aromatic carbocycles. The molecule has 7 atom stereocenters. The van der Waals surface area contributed by atoms with Crippen molar-refractivity contribution in [2.45, 2.75) is 95.4 Å². The van der Waals surface area contributed by atoms with Gasteiger partial charge in [-0.05, 0) is 64.8 Å². The van der Waals surface area contributed by atoms with E-state index in [1.54, 1.807) is 6.07 Å². The number of hydrogen-bond donors (Lipinski definition) is 5. The van der Waals surface area contributed by atoms with E-state index >= 15 is 0 Å². The van der Waals surface area contributed by atoms with Crippen molar-refractivity contribution in [3.63, 3.8) is 0 Å². The minimum Gasteiger partial charge on any atom is -0.437 e. The van der Waals surface area contributed by atoms with Crippen LogP contribution in [0.4, 0.5) is 0 Å². The number of rotatable bonds is 9. The topological polar surface area (TPSA) is 151 Å². The van der Waals surface area contributed by atoms with E-state index in [1.807, 2.05) is 43.6 Å². The molecule has 0 saturated carbocycles. The molecule has 0 fully saturated rings. The Morgan fingerprint density at radius 3 is 2.84 bits per heavy atom. The standard InChI is InChI=1S/C40H42N4O6/c1-2-4-27(45)19-29(47)20-28(46)9-6-24-7-13-37-38(17-24)50-40-25(5-3-16-49-37)8-12-36(48)31-10-11-32-30(14-15-42-39(32)41)33(31)18-26-21-43-35-23-44(40)22-34(26)35/h7,10-11,13,15,17,21,23,25,27,29,36,39-40,45,47-48H,2,4-6,9,14,18-20,22,41H2,1H3/p+1. The van der Waals surface area contributed by atoms with Crippen molar-refractivity contribution in [3.05, 3.63) is 81.2 Å². The minimum atomic E-state index is -1.04. The van der Waals surface area contributed by atoms with Gasteiger partial charge in [0.15, 0.2) is 11.5 Å². The molecule has 5 heterocycles. The number of aliphatic hydroxyl groups is 3. The Morgan fingerprint density at radius 1 is 1.12 bits per heavy atom. The van der Waals surface area contributed by atoms with E-state index in [-0.39, 0.29) is 31.0 Å². The molecular weight excluding hydrogens is 632 g/mol. The first-order chi connectivity index (χ1) is 24.3. The Morgan fingerprint density at radius 2 is 1.98 bits per heavy atom. The second-order valence-corrected chi connectivity index (χ2v) is 13.7.